The molecule has 0 fully saturated rings. The van der Waals surface area contributed by atoms with Gasteiger partial charge in [0.05, 0.1) is 12.7 Å². The molecular formula is C21H45O5P. The third-order valence-electron chi connectivity index (χ3n) is 4.58. The first-order valence-corrected chi connectivity index (χ1v) is 12.8. The van der Waals surface area contributed by atoms with Crippen LogP contribution in [0.15, 0.2) is 0 Å². The zero-order chi connectivity index (χ0) is 20.2. The Morgan fingerprint density at radius 1 is 0.704 bits per heavy atom. The number of unbranched alkanes of at least 4 members (excludes halogenated alkanes) is 15. The van der Waals surface area contributed by atoms with Crippen molar-refractivity contribution in [3.05, 3.63) is 0 Å². The van der Waals surface area contributed by atoms with Crippen LogP contribution in [0.5, 0.6) is 0 Å². The molecule has 164 valence electrons. The highest BCUT2D eigenvalue weighted by Gasteiger charge is 2.22. The maximum atomic E-state index is 11.5. The number of hydrogen-bond donors (Lipinski definition) is 1. The molecule has 6 heteroatoms. The first kappa shape index (κ1) is 27.1. The van der Waals surface area contributed by atoms with Crippen molar-refractivity contribution in [2.75, 3.05) is 6.61 Å². The van der Waals surface area contributed by atoms with Crippen molar-refractivity contribution < 1.29 is 23.5 Å². The lowest BCUT2D eigenvalue weighted by atomic mass is 10.0. The summed E-state index contributed by atoms with van der Waals surface area (Å²) in [6, 6.07) is 0. The van der Waals surface area contributed by atoms with E-state index in [1.165, 1.54) is 83.5 Å². The molecule has 0 saturated heterocycles. The SMILES string of the molecule is CCCCCCCCCCCCCCCCCCOP(=O)(O)OOC(C)C. The van der Waals surface area contributed by atoms with Gasteiger partial charge < -0.3 is 4.89 Å². The second-order valence-electron chi connectivity index (χ2n) is 7.82. The average Bonchev–Trinajstić information content (AvgIpc) is 2.62. The fraction of sp³-hybridized carbons (Fsp3) is 1.00. The number of phosphoric ester groups is 1. The summed E-state index contributed by atoms with van der Waals surface area (Å²) in [5.74, 6) is 0. The van der Waals surface area contributed by atoms with Crippen LogP contribution in [0.1, 0.15) is 124 Å². The standard InChI is InChI=1S/C21H45O5P/c1-4-5-6-7-8-9-10-11-12-13-14-15-16-17-18-19-20-24-27(22,23)26-25-21(2)3/h21H,4-20H2,1-3H3,(H,22,23). The van der Waals surface area contributed by atoms with Gasteiger partial charge in [-0.15, -0.1) is 4.67 Å². The van der Waals surface area contributed by atoms with Gasteiger partial charge in [-0.25, -0.2) is 9.45 Å². The van der Waals surface area contributed by atoms with Gasteiger partial charge in [-0.3, -0.25) is 4.52 Å². The Labute approximate surface area is 168 Å². The van der Waals surface area contributed by atoms with E-state index in [1.807, 2.05) is 0 Å². The van der Waals surface area contributed by atoms with Gasteiger partial charge in [0.15, 0.2) is 0 Å². The number of rotatable bonds is 21. The van der Waals surface area contributed by atoms with Crippen molar-refractivity contribution in [1.29, 1.82) is 0 Å². The van der Waals surface area contributed by atoms with Gasteiger partial charge in [0.2, 0.25) is 0 Å². The molecule has 1 atom stereocenters. The van der Waals surface area contributed by atoms with Gasteiger partial charge in [-0.1, -0.05) is 103 Å². The maximum Gasteiger partial charge on any atom is 0.499 e. The van der Waals surface area contributed by atoms with Crippen molar-refractivity contribution in [2.45, 2.75) is 130 Å². The van der Waals surface area contributed by atoms with Crippen LogP contribution in [0.3, 0.4) is 0 Å². The first-order chi connectivity index (χ1) is 13.0. The fourth-order valence-electron chi connectivity index (χ4n) is 2.99. The van der Waals surface area contributed by atoms with Crippen molar-refractivity contribution in [2.24, 2.45) is 0 Å². The normalized spacial score (nSPS) is 14.0. The highest BCUT2D eigenvalue weighted by molar-refractivity contribution is 7.47. The highest BCUT2D eigenvalue weighted by Crippen LogP contribution is 2.43. The minimum Gasteiger partial charge on any atom is -0.301 e. The zero-order valence-electron chi connectivity index (χ0n) is 18.1. The molecule has 27 heavy (non-hydrogen) atoms. The van der Waals surface area contributed by atoms with Crippen molar-refractivity contribution in [3.8, 4) is 0 Å². The molecule has 0 saturated carbocycles. The van der Waals surface area contributed by atoms with E-state index in [0.717, 1.165) is 19.3 Å². The molecule has 0 aromatic heterocycles. The van der Waals surface area contributed by atoms with Crippen molar-refractivity contribution in [1.82, 2.24) is 0 Å². The van der Waals surface area contributed by atoms with Gasteiger partial charge in [0.1, 0.15) is 0 Å². The molecule has 1 unspecified atom stereocenters. The van der Waals surface area contributed by atoms with E-state index >= 15 is 0 Å². The topological polar surface area (TPSA) is 65.0 Å². The summed E-state index contributed by atoms with van der Waals surface area (Å²) in [6.07, 6.45) is 20.5. The number of hydrogen-bond acceptors (Lipinski definition) is 4. The monoisotopic (exact) mass is 408 g/mol. The Morgan fingerprint density at radius 3 is 1.44 bits per heavy atom. The summed E-state index contributed by atoms with van der Waals surface area (Å²) in [5, 5.41) is 0. The van der Waals surface area contributed by atoms with Gasteiger partial charge in [-0.05, 0) is 20.3 Å². The van der Waals surface area contributed by atoms with Crippen LogP contribution in [-0.2, 0) is 18.7 Å². The third-order valence-corrected chi connectivity index (χ3v) is 5.37. The molecule has 5 nitrogen and oxygen atoms in total. The predicted molar refractivity (Wildman–Crippen MR) is 113 cm³/mol. The van der Waals surface area contributed by atoms with E-state index in [0.29, 0.717) is 0 Å². The summed E-state index contributed by atoms with van der Waals surface area (Å²) in [4.78, 5) is 14.0. The van der Waals surface area contributed by atoms with E-state index in [-0.39, 0.29) is 12.7 Å². The first-order valence-electron chi connectivity index (χ1n) is 11.3. The molecule has 0 bridgehead atoms. The summed E-state index contributed by atoms with van der Waals surface area (Å²) in [7, 11) is -4.06. The van der Waals surface area contributed by atoms with Crippen LogP contribution < -0.4 is 0 Å². The minimum absolute atomic E-state index is 0.230. The average molecular weight is 409 g/mol. The minimum atomic E-state index is -4.06. The van der Waals surface area contributed by atoms with Crippen LogP contribution in [0, 0.1) is 0 Å². The van der Waals surface area contributed by atoms with E-state index in [1.54, 1.807) is 13.8 Å². The Bertz CT molecular complexity index is 349. The molecule has 0 spiro atoms. The Balaban J connectivity index is 3.20. The zero-order valence-corrected chi connectivity index (χ0v) is 19.0. The molecule has 0 aliphatic carbocycles. The number of phosphoric acid groups is 1. The third kappa shape index (κ3) is 22.2. The molecule has 1 N–H and O–H groups in total. The second-order valence-corrected chi connectivity index (χ2v) is 9.17. The molecule has 0 aliphatic rings. The van der Waals surface area contributed by atoms with Crippen molar-refractivity contribution in [3.63, 3.8) is 0 Å². The van der Waals surface area contributed by atoms with Gasteiger partial charge in [0.25, 0.3) is 0 Å². The molecule has 0 aromatic rings. The summed E-state index contributed by atoms with van der Waals surface area (Å²) < 4.78 is 20.7. The summed E-state index contributed by atoms with van der Waals surface area (Å²) >= 11 is 0. The Hall–Kier alpha value is 0.0700. The van der Waals surface area contributed by atoms with Gasteiger partial charge in [0, 0.05) is 0 Å². The molecule has 0 aliphatic heterocycles. The van der Waals surface area contributed by atoms with Crippen molar-refractivity contribution >= 4 is 7.82 Å². The second kappa shape index (κ2) is 19.4. The lowest BCUT2D eigenvalue weighted by molar-refractivity contribution is -0.250. The summed E-state index contributed by atoms with van der Waals surface area (Å²) in [5.41, 5.74) is 0. The summed E-state index contributed by atoms with van der Waals surface area (Å²) in [6.45, 7) is 5.93. The molecule has 0 amide bonds. The van der Waals surface area contributed by atoms with Crippen LogP contribution >= 0.6 is 7.82 Å². The molecular weight excluding hydrogens is 363 g/mol. The van der Waals surface area contributed by atoms with E-state index in [2.05, 4.69) is 16.5 Å². The molecule has 0 aromatic carbocycles. The van der Waals surface area contributed by atoms with Crippen LogP contribution in [0.2, 0.25) is 0 Å². The highest BCUT2D eigenvalue weighted by atomic mass is 31.2. The molecule has 0 radical (unpaired) electrons. The Morgan fingerprint density at radius 2 is 1.07 bits per heavy atom. The van der Waals surface area contributed by atoms with Crippen LogP contribution in [-0.4, -0.2) is 17.6 Å². The quantitative estimate of drug-likeness (QED) is 0.0911. The predicted octanol–water partition coefficient (Wildman–Crippen LogP) is 7.72. The van der Waals surface area contributed by atoms with E-state index in [4.69, 9.17) is 4.52 Å². The van der Waals surface area contributed by atoms with Gasteiger partial charge >= 0.3 is 7.82 Å². The van der Waals surface area contributed by atoms with E-state index in [9.17, 15) is 9.46 Å². The fourth-order valence-corrected chi connectivity index (χ4v) is 3.68. The van der Waals surface area contributed by atoms with Crippen LogP contribution in [0.25, 0.3) is 0 Å². The smallest absolute Gasteiger partial charge is 0.301 e. The lowest BCUT2D eigenvalue weighted by Gasteiger charge is -2.12. The maximum absolute atomic E-state index is 11.5. The van der Waals surface area contributed by atoms with Crippen LogP contribution in [0.4, 0.5) is 0 Å². The lowest BCUT2D eigenvalue weighted by Crippen LogP contribution is -2.04. The van der Waals surface area contributed by atoms with E-state index < -0.39 is 7.82 Å². The molecule has 0 heterocycles. The largest absolute Gasteiger partial charge is 0.499 e. The van der Waals surface area contributed by atoms with Gasteiger partial charge in [-0.2, -0.15) is 0 Å². The molecule has 0 rings (SSSR count). The Kier molecular flexibility index (Phi) is 19.4.